The molecule has 4 heteroatoms. The number of aromatic nitrogens is 2. The van der Waals surface area contributed by atoms with Gasteiger partial charge in [-0.15, -0.1) is 11.6 Å². The number of alkyl halides is 1. The van der Waals surface area contributed by atoms with Crippen LogP contribution in [0.3, 0.4) is 0 Å². The van der Waals surface area contributed by atoms with Gasteiger partial charge in [-0.05, 0) is 19.1 Å². The van der Waals surface area contributed by atoms with Gasteiger partial charge in [0.25, 0.3) is 0 Å². The third-order valence-electron chi connectivity index (χ3n) is 2.07. The number of imidazole rings is 1. The Morgan fingerprint density at radius 1 is 1.54 bits per heavy atom. The van der Waals surface area contributed by atoms with Crippen molar-refractivity contribution >= 4 is 28.8 Å². The number of halogens is 2. The summed E-state index contributed by atoms with van der Waals surface area (Å²) in [5.41, 5.74) is 2.71. The van der Waals surface area contributed by atoms with Crippen LogP contribution in [0.4, 0.5) is 0 Å². The van der Waals surface area contributed by atoms with Crippen molar-refractivity contribution in [3.63, 3.8) is 0 Å². The summed E-state index contributed by atoms with van der Waals surface area (Å²) >= 11 is 11.7. The average Bonchev–Trinajstić information content (AvgIpc) is 2.45. The fourth-order valence-electron chi connectivity index (χ4n) is 1.33. The molecule has 0 radical (unpaired) electrons. The molecule has 0 fully saturated rings. The number of hydrogen-bond acceptors (Lipinski definition) is 1. The van der Waals surface area contributed by atoms with Gasteiger partial charge in [-0.2, -0.15) is 0 Å². The summed E-state index contributed by atoms with van der Waals surface area (Å²) in [4.78, 5) is 4.33. The third-order valence-corrected chi connectivity index (χ3v) is 2.61. The van der Waals surface area contributed by atoms with E-state index >= 15 is 0 Å². The molecule has 2 rings (SSSR count). The molecule has 0 spiro atoms. The molecule has 2 heterocycles. The second-order valence-corrected chi connectivity index (χ2v) is 3.50. The van der Waals surface area contributed by atoms with Crippen LogP contribution in [0.15, 0.2) is 18.3 Å². The lowest BCUT2D eigenvalue weighted by Crippen LogP contribution is -1.87. The Kier molecular flexibility index (Phi) is 2.18. The van der Waals surface area contributed by atoms with Crippen molar-refractivity contribution in [2.24, 2.45) is 0 Å². The zero-order valence-corrected chi connectivity index (χ0v) is 8.60. The normalized spacial score (nSPS) is 11.0. The van der Waals surface area contributed by atoms with Crippen molar-refractivity contribution in [3.8, 4) is 0 Å². The summed E-state index contributed by atoms with van der Waals surface area (Å²) in [5, 5.41) is 0.655. The summed E-state index contributed by atoms with van der Waals surface area (Å²) in [6, 6.07) is 3.71. The molecule has 68 valence electrons. The number of nitrogens with zero attached hydrogens (tertiary/aromatic N) is 2. The van der Waals surface area contributed by atoms with Crippen molar-refractivity contribution in [1.82, 2.24) is 9.38 Å². The lowest BCUT2D eigenvalue weighted by atomic mass is 10.4. The van der Waals surface area contributed by atoms with Crippen LogP contribution in [0.1, 0.15) is 11.4 Å². The highest BCUT2D eigenvalue weighted by atomic mass is 35.5. The largest absolute Gasteiger partial charge is 0.303 e. The van der Waals surface area contributed by atoms with Crippen molar-refractivity contribution < 1.29 is 0 Å². The molecule has 0 aromatic carbocycles. The Morgan fingerprint density at radius 2 is 2.31 bits per heavy atom. The van der Waals surface area contributed by atoms with Crippen LogP contribution in [0.2, 0.25) is 5.02 Å². The van der Waals surface area contributed by atoms with Gasteiger partial charge in [-0.1, -0.05) is 11.6 Å². The highest BCUT2D eigenvalue weighted by Gasteiger charge is 2.08. The fraction of sp³-hybridized carbons (Fsp3) is 0.222. The number of aryl methyl sites for hydroxylation is 1. The quantitative estimate of drug-likeness (QED) is 0.668. The first-order valence-corrected chi connectivity index (χ1v) is 4.83. The fourth-order valence-corrected chi connectivity index (χ4v) is 1.79. The van der Waals surface area contributed by atoms with Gasteiger partial charge in [0.15, 0.2) is 5.65 Å². The summed E-state index contributed by atoms with van der Waals surface area (Å²) in [7, 11) is 0. The molecule has 0 saturated heterocycles. The summed E-state index contributed by atoms with van der Waals surface area (Å²) < 4.78 is 1.94. The number of fused-ring (bicyclic) bond motifs is 1. The molecule has 0 N–H and O–H groups in total. The summed E-state index contributed by atoms with van der Waals surface area (Å²) in [5.74, 6) is 0.420. The van der Waals surface area contributed by atoms with Gasteiger partial charge < -0.3 is 4.40 Å². The van der Waals surface area contributed by atoms with Crippen LogP contribution >= 0.6 is 23.2 Å². The van der Waals surface area contributed by atoms with Crippen molar-refractivity contribution in [2.75, 3.05) is 0 Å². The monoisotopic (exact) mass is 214 g/mol. The van der Waals surface area contributed by atoms with Crippen LogP contribution in [0, 0.1) is 6.92 Å². The Bertz CT molecular complexity index is 448. The Hall–Kier alpha value is -0.730. The van der Waals surface area contributed by atoms with E-state index in [2.05, 4.69) is 4.98 Å². The Morgan fingerprint density at radius 3 is 2.92 bits per heavy atom. The molecule has 0 saturated carbocycles. The zero-order chi connectivity index (χ0) is 9.42. The Balaban J connectivity index is 2.83. The van der Waals surface area contributed by atoms with E-state index in [-0.39, 0.29) is 0 Å². The van der Waals surface area contributed by atoms with E-state index in [4.69, 9.17) is 23.2 Å². The standard InChI is InChI=1S/C9H8Cl2N2/c1-6-8(5-10)12-9-7(11)3-2-4-13(6)9/h2-4H,5H2,1H3. The van der Waals surface area contributed by atoms with E-state index < -0.39 is 0 Å². The van der Waals surface area contributed by atoms with E-state index in [0.717, 1.165) is 17.0 Å². The van der Waals surface area contributed by atoms with E-state index in [1.807, 2.05) is 29.7 Å². The molecule has 0 aliphatic carbocycles. The van der Waals surface area contributed by atoms with Crippen molar-refractivity contribution in [1.29, 1.82) is 0 Å². The molecular weight excluding hydrogens is 207 g/mol. The van der Waals surface area contributed by atoms with Gasteiger partial charge in [-0.3, -0.25) is 0 Å². The molecule has 0 unspecified atom stereocenters. The predicted molar refractivity (Wildman–Crippen MR) is 54.5 cm³/mol. The minimum atomic E-state index is 0.420. The maximum absolute atomic E-state index is 5.97. The lowest BCUT2D eigenvalue weighted by molar-refractivity contribution is 1.09. The average molecular weight is 215 g/mol. The van der Waals surface area contributed by atoms with E-state index in [1.54, 1.807) is 0 Å². The van der Waals surface area contributed by atoms with E-state index in [1.165, 1.54) is 0 Å². The lowest BCUT2D eigenvalue weighted by Gasteiger charge is -1.96. The van der Waals surface area contributed by atoms with Gasteiger partial charge in [0.1, 0.15) is 0 Å². The SMILES string of the molecule is Cc1c(CCl)nc2c(Cl)cccn12. The first-order chi connectivity index (χ1) is 6.24. The van der Waals surface area contributed by atoms with E-state index in [0.29, 0.717) is 10.9 Å². The Labute approximate surface area is 86.1 Å². The number of pyridine rings is 1. The molecule has 0 aliphatic rings. The van der Waals surface area contributed by atoms with Gasteiger partial charge in [0, 0.05) is 11.9 Å². The van der Waals surface area contributed by atoms with Crippen LogP contribution in [0.25, 0.3) is 5.65 Å². The molecule has 2 aromatic heterocycles. The third kappa shape index (κ3) is 1.30. The van der Waals surface area contributed by atoms with Crippen molar-refractivity contribution in [3.05, 3.63) is 34.7 Å². The van der Waals surface area contributed by atoms with Crippen LogP contribution < -0.4 is 0 Å². The minimum absolute atomic E-state index is 0.420. The van der Waals surface area contributed by atoms with Gasteiger partial charge in [-0.25, -0.2) is 4.98 Å². The molecule has 0 bridgehead atoms. The first kappa shape index (κ1) is 8.85. The van der Waals surface area contributed by atoms with Gasteiger partial charge in [0.2, 0.25) is 0 Å². The maximum atomic E-state index is 5.97. The molecule has 2 aromatic rings. The van der Waals surface area contributed by atoms with Gasteiger partial charge in [0.05, 0.1) is 16.6 Å². The molecule has 13 heavy (non-hydrogen) atoms. The van der Waals surface area contributed by atoms with Crippen LogP contribution in [0.5, 0.6) is 0 Å². The van der Waals surface area contributed by atoms with E-state index in [9.17, 15) is 0 Å². The molecule has 0 amide bonds. The molecule has 0 aliphatic heterocycles. The second kappa shape index (κ2) is 3.20. The topological polar surface area (TPSA) is 17.3 Å². The minimum Gasteiger partial charge on any atom is -0.303 e. The predicted octanol–water partition coefficient (Wildman–Crippen LogP) is 3.03. The number of hydrogen-bond donors (Lipinski definition) is 0. The molecular formula is C9H8Cl2N2. The highest BCUT2D eigenvalue weighted by molar-refractivity contribution is 6.33. The van der Waals surface area contributed by atoms with Gasteiger partial charge >= 0.3 is 0 Å². The summed E-state index contributed by atoms with van der Waals surface area (Å²) in [6.45, 7) is 1.98. The first-order valence-electron chi connectivity index (χ1n) is 3.92. The second-order valence-electron chi connectivity index (χ2n) is 2.83. The maximum Gasteiger partial charge on any atom is 0.156 e. The summed E-state index contributed by atoms with van der Waals surface area (Å²) in [6.07, 6.45) is 1.93. The molecule has 0 atom stereocenters. The smallest absolute Gasteiger partial charge is 0.156 e. The number of rotatable bonds is 1. The zero-order valence-electron chi connectivity index (χ0n) is 7.09. The highest BCUT2D eigenvalue weighted by Crippen LogP contribution is 2.20. The van der Waals surface area contributed by atoms with Crippen molar-refractivity contribution in [2.45, 2.75) is 12.8 Å². The van der Waals surface area contributed by atoms with Crippen LogP contribution in [-0.2, 0) is 5.88 Å². The van der Waals surface area contributed by atoms with Crippen LogP contribution in [-0.4, -0.2) is 9.38 Å². The molecule has 2 nitrogen and oxygen atoms in total.